The normalized spacial score (nSPS) is 20.8. The van der Waals surface area contributed by atoms with E-state index in [1.807, 2.05) is 30.5 Å². The highest BCUT2D eigenvalue weighted by Gasteiger charge is 2.21. The molecule has 2 nitrogen and oxygen atoms in total. The highest BCUT2D eigenvalue weighted by Crippen LogP contribution is 2.30. The fraction of sp³-hybridized carbons (Fsp3) is 0.462. The molecule has 1 aromatic carbocycles. The van der Waals surface area contributed by atoms with Crippen LogP contribution in [-0.4, -0.2) is 18.1 Å². The van der Waals surface area contributed by atoms with E-state index in [1.165, 1.54) is 0 Å². The van der Waals surface area contributed by atoms with Gasteiger partial charge in [-0.15, -0.1) is 11.8 Å². The van der Waals surface area contributed by atoms with Crippen LogP contribution < -0.4 is 4.74 Å². The maximum absolute atomic E-state index is 11.3. The van der Waals surface area contributed by atoms with Crippen molar-refractivity contribution in [2.45, 2.75) is 36.7 Å². The largest absolute Gasteiger partial charge is 0.489 e. The van der Waals surface area contributed by atoms with E-state index < -0.39 is 0 Å². The monoisotopic (exact) mass is 236 g/mol. The molecule has 86 valence electrons. The molecule has 1 aliphatic rings. The quantitative estimate of drug-likeness (QED) is 0.753. The summed E-state index contributed by atoms with van der Waals surface area (Å²) in [5.41, 5.74) is 0. The Kier molecular flexibility index (Phi) is 3.88. The zero-order valence-corrected chi connectivity index (χ0v) is 10.3. The summed E-state index contributed by atoms with van der Waals surface area (Å²) in [6, 6.07) is 8.00. The van der Waals surface area contributed by atoms with Crippen molar-refractivity contribution in [3.05, 3.63) is 24.3 Å². The van der Waals surface area contributed by atoms with Gasteiger partial charge in [0.1, 0.15) is 17.6 Å². The van der Waals surface area contributed by atoms with Crippen molar-refractivity contribution in [3.63, 3.8) is 0 Å². The molecule has 3 heteroatoms. The van der Waals surface area contributed by atoms with E-state index in [1.54, 1.807) is 11.8 Å². The van der Waals surface area contributed by atoms with Gasteiger partial charge in [0.2, 0.25) is 0 Å². The Balaban J connectivity index is 2.05. The summed E-state index contributed by atoms with van der Waals surface area (Å²) in [5, 5.41) is 0. The van der Waals surface area contributed by atoms with Crippen molar-refractivity contribution in [1.29, 1.82) is 0 Å². The molecule has 1 saturated carbocycles. The van der Waals surface area contributed by atoms with Gasteiger partial charge in [-0.05, 0) is 31.2 Å². The summed E-state index contributed by atoms with van der Waals surface area (Å²) in [4.78, 5) is 12.5. The van der Waals surface area contributed by atoms with Crippen LogP contribution in [0.2, 0.25) is 0 Å². The van der Waals surface area contributed by atoms with Crippen molar-refractivity contribution in [1.82, 2.24) is 0 Å². The highest BCUT2D eigenvalue weighted by molar-refractivity contribution is 7.98. The molecule has 0 aliphatic heterocycles. The Labute approximate surface area is 100 Å². The van der Waals surface area contributed by atoms with Gasteiger partial charge in [-0.2, -0.15) is 0 Å². The zero-order valence-electron chi connectivity index (χ0n) is 9.44. The van der Waals surface area contributed by atoms with E-state index in [9.17, 15) is 4.79 Å². The molecule has 1 unspecified atom stereocenters. The number of carbonyl (C=O) groups excluding carboxylic acids is 1. The molecule has 1 atom stereocenters. The Morgan fingerprint density at radius 2 is 2.19 bits per heavy atom. The van der Waals surface area contributed by atoms with Crippen molar-refractivity contribution in [2.24, 2.45) is 0 Å². The SMILES string of the molecule is CSc1ccccc1OC1CCCC(=O)C1. The summed E-state index contributed by atoms with van der Waals surface area (Å²) < 4.78 is 5.91. The standard InChI is InChI=1S/C13H16O2S/c1-16-13-8-3-2-7-12(13)15-11-6-4-5-10(14)9-11/h2-3,7-8,11H,4-6,9H2,1H3. The molecule has 0 heterocycles. The predicted octanol–water partition coefficient (Wildman–Crippen LogP) is 3.30. The number of ether oxygens (including phenoxy) is 1. The van der Waals surface area contributed by atoms with Crippen LogP contribution in [-0.2, 0) is 4.79 Å². The second-order valence-corrected chi connectivity index (χ2v) is 4.87. The third-order valence-corrected chi connectivity index (χ3v) is 3.58. The van der Waals surface area contributed by atoms with Crippen molar-refractivity contribution < 1.29 is 9.53 Å². The second-order valence-electron chi connectivity index (χ2n) is 4.03. The molecule has 0 N–H and O–H groups in total. The van der Waals surface area contributed by atoms with Crippen LogP contribution in [0, 0.1) is 0 Å². The Morgan fingerprint density at radius 3 is 2.94 bits per heavy atom. The van der Waals surface area contributed by atoms with E-state index >= 15 is 0 Å². The van der Waals surface area contributed by atoms with Gasteiger partial charge in [0.05, 0.1) is 0 Å². The number of rotatable bonds is 3. The van der Waals surface area contributed by atoms with Crippen LogP contribution >= 0.6 is 11.8 Å². The lowest BCUT2D eigenvalue weighted by Gasteiger charge is -2.23. The number of benzene rings is 1. The number of hydrogen-bond donors (Lipinski definition) is 0. The molecule has 0 aromatic heterocycles. The first kappa shape index (κ1) is 11.5. The number of para-hydroxylation sites is 1. The van der Waals surface area contributed by atoms with Gasteiger partial charge in [0.25, 0.3) is 0 Å². The zero-order chi connectivity index (χ0) is 11.4. The van der Waals surface area contributed by atoms with Gasteiger partial charge in [-0.25, -0.2) is 0 Å². The third kappa shape index (κ3) is 2.79. The molecule has 2 rings (SSSR count). The summed E-state index contributed by atoms with van der Waals surface area (Å²) in [7, 11) is 0. The van der Waals surface area contributed by atoms with Gasteiger partial charge in [-0.3, -0.25) is 4.79 Å². The fourth-order valence-electron chi connectivity index (χ4n) is 1.98. The first-order valence-electron chi connectivity index (χ1n) is 5.61. The third-order valence-electron chi connectivity index (χ3n) is 2.80. The van der Waals surface area contributed by atoms with Gasteiger partial charge in [0.15, 0.2) is 0 Å². The number of Topliss-reactive ketones (excluding diaryl/α,β-unsaturated/α-hetero) is 1. The number of carbonyl (C=O) groups is 1. The van der Waals surface area contributed by atoms with Gasteiger partial charge >= 0.3 is 0 Å². The second kappa shape index (κ2) is 5.39. The summed E-state index contributed by atoms with van der Waals surface area (Å²) in [6.45, 7) is 0. The minimum absolute atomic E-state index is 0.0783. The smallest absolute Gasteiger partial charge is 0.136 e. The minimum atomic E-state index is 0.0783. The first-order valence-corrected chi connectivity index (χ1v) is 6.83. The molecule has 0 saturated heterocycles. The van der Waals surface area contributed by atoms with Crippen LogP contribution in [0.25, 0.3) is 0 Å². The first-order chi connectivity index (χ1) is 7.79. The maximum atomic E-state index is 11.3. The maximum Gasteiger partial charge on any atom is 0.136 e. The Bertz CT molecular complexity index is 376. The molecule has 0 spiro atoms. The molecule has 0 bridgehead atoms. The molecule has 1 aliphatic carbocycles. The molecular weight excluding hydrogens is 220 g/mol. The van der Waals surface area contributed by atoms with E-state index in [0.29, 0.717) is 12.2 Å². The minimum Gasteiger partial charge on any atom is -0.489 e. The summed E-state index contributed by atoms with van der Waals surface area (Å²) >= 11 is 1.67. The topological polar surface area (TPSA) is 26.3 Å². The lowest BCUT2D eigenvalue weighted by Crippen LogP contribution is -2.25. The van der Waals surface area contributed by atoms with Gasteiger partial charge < -0.3 is 4.74 Å². The lowest BCUT2D eigenvalue weighted by atomic mass is 9.96. The molecule has 0 radical (unpaired) electrons. The van der Waals surface area contributed by atoms with Crippen LogP contribution in [0.15, 0.2) is 29.2 Å². The summed E-state index contributed by atoms with van der Waals surface area (Å²) in [6.07, 6.45) is 5.37. The fourth-order valence-corrected chi connectivity index (χ4v) is 2.51. The van der Waals surface area contributed by atoms with Crippen LogP contribution in [0.4, 0.5) is 0 Å². The number of ketones is 1. The van der Waals surface area contributed by atoms with Crippen molar-refractivity contribution >= 4 is 17.5 Å². The van der Waals surface area contributed by atoms with Crippen LogP contribution in [0.3, 0.4) is 0 Å². The molecule has 1 fully saturated rings. The lowest BCUT2D eigenvalue weighted by molar-refractivity contribution is -0.122. The van der Waals surface area contributed by atoms with Gasteiger partial charge in [0, 0.05) is 17.7 Å². The van der Waals surface area contributed by atoms with Gasteiger partial charge in [-0.1, -0.05) is 12.1 Å². The predicted molar refractivity (Wildman–Crippen MR) is 66.1 cm³/mol. The van der Waals surface area contributed by atoms with Crippen LogP contribution in [0.1, 0.15) is 25.7 Å². The molecule has 0 amide bonds. The van der Waals surface area contributed by atoms with Crippen molar-refractivity contribution in [2.75, 3.05) is 6.26 Å². The average molecular weight is 236 g/mol. The van der Waals surface area contributed by atoms with E-state index in [0.717, 1.165) is 29.9 Å². The number of hydrogen-bond acceptors (Lipinski definition) is 3. The average Bonchev–Trinajstić information content (AvgIpc) is 2.30. The van der Waals surface area contributed by atoms with Crippen molar-refractivity contribution in [3.8, 4) is 5.75 Å². The van der Waals surface area contributed by atoms with Crippen LogP contribution in [0.5, 0.6) is 5.75 Å². The Hall–Kier alpha value is -0.960. The Morgan fingerprint density at radius 1 is 1.38 bits per heavy atom. The van der Waals surface area contributed by atoms with E-state index in [2.05, 4.69) is 0 Å². The molecular formula is C13H16O2S. The highest BCUT2D eigenvalue weighted by atomic mass is 32.2. The van der Waals surface area contributed by atoms with E-state index in [-0.39, 0.29) is 6.10 Å². The summed E-state index contributed by atoms with van der Waals surface area (Å²) in [5.74, 6) is 1.24. The number of thioether (sulfide) groups is 1. The molecule has 1 aromatic rings. The molecule has 16 heavy (non-hydrogen) atoms. The van der Waals surface area contributed by atoms with E-state index in [4.69, 9.17) is 4.74 Å².